The van der Waals surface area contributed by atoms with E-state index in [1.165, 1.54) is 12.8 Å². The van der Waals surface area contributed by atoms with Crippen LogP contribution in [0.2, 0.25) is 0 Å². The molecule has 1 aliphatic heterocycles. The lowest BCUT2D eigenvalue weighted by Gasteiger charge is -2.25. The normalized spacial score (nSPS) is 20.5. The van der Waals surface area contributed by atoms with Crippen LogP contribution in [0.1, 0.15) is 40.0 Å². The molecule has 4 heteroatoms. The molecule has 3 nitrogen and oxygen atoms in total. The molecule has 1 unspecified atom stereocenters. The highest BCUT2D eigenvalue weighted by Gasteiger charge is 2.22. The van der Waals surface area contributed by atoms with Crippen molar-refractivity contribution in [2.75, 3.05) is 26.8 Å². The Morgan fingerprint density at radius 1 is 1.53 bits per heavy atom. The van der Waals surface area contributed by atoms with Crippen LogP contribution < -0.4 is 5.32 Å². The van der Waals surface area contributed by atoms with E-state index in [-0.39, 0.29) is 5.41 Å². The topological polar surface area (TPSA) is 33.6 Å². The van der Waals surface area contributed by atoms with Crippen molar-refractivity contribution >= 4 is 16.9 Å². The average Bonchev–Trinajstić information content (AvgIpc) is 2.73. The van der Waals surface area contributed by atoms with Crippen LogP contribution in [0.15, 0.2) is 4.99 Å². The van der Waals surface area contributed by atoms with Crippen LogP contribution in [0, 0.1) is 5.41 Å². The first-order valence-electron chi connectivity index (χ1n) is 6.51. The van der Waals surface area contributed by atoms with Gasteiger partial charge in [-0.2, -0.15) is 0 Å². The number of nitrogens with zero attached hydrogens (tertiary/aromatic N) is 1. The van der Waals surface area contributed by atoms with E-state index in [9.17, 15) is 0 Å². The molecule has 1 rings (SSSR count). The van der Waals surface area contributed by atoms with Gasteiger partial charge in [0, 0.05) is 25.5 Å². The van der Waals surface area contributed by atoms with Crippen molar-refractivity contribution in [3.8, 4) is 0 Å². The molecule has 17 heavy (non-hydrogen) atoms. The Balaban J connectivity index is 2.22. The minimum absolute atomic E-state index is 0.266. The summed E-state index contributed by atoms with van der Waals surface area (Å²) in [6.07, 6.45) is 3.60. The fourth-order valence-corrected chi connectivity index (χ4v) is 2.89. The molecule has 0 aromatic carbocycles. The quantitative estimate of drug-likeness (QED) is 0.762. The summed E-state index contributed by atoms with van der Waals surface area (Å²) in [7, 11) is 1.76. The van der Waals surface area contributed by atoms with E-state index in [2.05, 4.69) is 31.1 Å². The molecule has 1 N–H and O–H groups in total. The molecule has 1 atom stereocenters. The van der Waals surface area contributed by atoms with Crippen molar-refractivity contribution in [1.82, 2.24) is 5.32 Å². The average molecular weight is 258 g/mol. The van der Waals surface area contributed by atoms with Gasteiger partial charge in [0.05, 0.1) is 6.54 Å². The molecule has 100 valence electrons. The number of methoxy groups -OCH3 is 1. The van der Waals surface area contributed by atoms with Crippen LogP contribution in [0.3, 0.4) is 0 Å². The summed E-state index contributed by atoms with van der Waals surface area (Å²) >= 11 is 1.91. The Kier molecular flexibility index (Phi) is 6.34. The third-order valence-corrected chi connectivity index (χ3v) is 4.24. The molecule has 0 aromatic heterocycles. The summed E-state index contributed by atoms with van der Waals surface area (Å²) < 4.78 is 5.14. The zero-order chi connectivity index (χ0) is 12.7. The van der Waals surface area contributed by atoms with Crippen LogP contribution in [-0.4, -0.2) is 37.2 Å². The molecule has 0 saturated carbocycles. The molecule has 0 bridgehead atoms. The second-order valence-corrected chi connectivity index (χ2v) is 6.72. The standard InChI is InChI=1S/C13H26N2OS/c1-5-6-11-9-14-12(17-11)15-10-13(2,3)7-8-16-4/h11H,5-10H2,1-4H3,(H,14,15). The van der Waals surface area contributed by atoms with Gasteiger partial charge in [0.2, 0.25) is 0 Å². The number of amidine groups is 1. The minimum atomic E-state index is 0.266. The molecule has 1 heterocycles. The van der Waals surface area contributed by atoms with Gasteiger partial charge in [-0.15, -0.1) is 0 Å². The van der Waals surface area contributed by atoms with Gasteiger partial charge in [0.15, 0.2) is 5.17 Å². The highest BCUT2D eigenvalue weighted by Crippen LogP contribution is 2.25. The second kappa shape index (κ2) is 7.27. The summed E-state index contributed by atoms with van der Waals surface area (Å²) in [5.74, 6) is 0. The van der Waals surface area contributed by atoms with Crippen molar-refractivity contribution in [3.05, 3.63) is 0 Å². The number of aliphatic imine (C=N–C) groups is 1. The van der Waals surface area contributed by atoms with Crippen LogP contribution in [0.4, 0.5) is 0 Å². The van der Waals surface area contributed by atoms with Gasteiger partial charge >= 0.3 is 0 Å². The maximum Gasteiger partial charge on any atom is 0.156 e. The maximum absolute atomic E-state index is 5.14. The summed E-state index contributed by atoms with van der Waals surface area (Å²) in [6.45, 7) is 9.55. The predicted molar refractivity (Wildman–Crippen MR) is 76.9 cm³/mol. The Bertz CT molecular complexity index is 254. The SMILES string of the molecule is CCCC1CN=C(NCC(C)(C)CCOC)S1. The lowest BCUT2D eigenvalue weighted by molar-refractivity contribution is 0.153. The van der Waals surface area contributed by atoms with E-state index in [0.717, 1.165) is 31.3 Å². The first kappa shape index (κ1) is 14.8. The van der Waals surface area contributed by atoms with E-state index >= 15 is 0 Å². The van der Waals surface area contributed by atoms with Gasteiger partial charge in [0.25, 0.3) is 0 Å². The second-order valence-electron chi connectivity index (χ2n) is 5.43. The smallest absolute Gasteiger partial charge is 0.156 e. The fourth-order valence-electron chi connectivity index (χ4n) is 1.77. The van der Waals surface area contributed by atoms with Gasteiger partial charge in [-0.1, -0.05) is 39.0 Å². The van der Waals surface area contributed by atoms with Crippen LogP contribution in [-0.2, 0) is 4.74 Å². The maximum atomic E-state index is 5.14. The number of rotatable bonds is 7. The third-order valence-electron chi connectivity index (χ3n) is 3.03. The zero-order valence-corrected chi connectivity index (χ0v) is 12.4. The van der Waals surface area contributed by atoms with Crippen LogP contribution in [0.25, 0.3) is 0 Å². The largest absolute Gasteiger partial charge is 0.385 e. The molecule has 0 amide bonds. The molecular formula is C13H26N2OS. The Morgan fingerprint density at radius 3 is 2.94 bits per heavy atom. The number of ether oxygens (including phenoxy) is 1. The van der Waals surface area contributed by atoms with Gasteiger partial charge in [-0.25, -0.2) is 0 Å². The van der Waals surface area contributed by atoms with Crippen LogP contribution >= 0.6 is 11.8 Å². The number of thioether (sulfide) groups is 1. The van der Waals surface area contributed by atoms with Crippen molar-refractivity contribution in [1.29, 1.82) is 0 Å². The summed E-state index contributed by atoms with van der Waals surface area (Å²) in [4.78, 5) is 4.56. The molecule has 0 aromatic rings. The van der Waals surface area contributed by atoms with Gasteiger partial charge in [-0.3, -0.25) is 4.99 Å². The predicted octanol–water partition coefficient (Wildman–Crippen LogP) is 2.91. The number of nitrogens with one attached hydrogen (secondary N) is 1. The van der Waals surface area contributed by atoms with Crippen molar-refractivity contribution in [3.63, 3.8) is 0 Å². The minimum Gasteiger partial charge on any atom is -0.385 e. The Morgan fingerprint density at radius 2 is 2.29 bits per heavy atom. The van der Waals surface area contributed by atoms with Crippen LogP contribution in [0.5, 0.6) is 0 Å². The lowest BCUT2D eigenvalue weighted by Crippen LogP contribution is -2.33. The highest BCUT2D eigenvalue weighted by atomic mass is 32.2. The molecule has 1 aliphatic rings. The third kappa shape index (κ3) is 5.77. The molecule has 0 spiro atoms. The molecule has 0 aliphatic carbocycles. The first-order valence-corrected chi connectivity index (χ1v) is 7.39. The monoisotopic (exact) mass is 258 g/mol. The fraction of sp³-hybridized carbons (Fsp3) is 0.923. The van der Waals surface area contributed by atoms with E-state index in [1.54, 1.807) is 7.11 Å². The van der Waals surface area contributed by atoms with Crippen molar-refractivity contribution < 1.29 is 4.74 Å². The number of hydrogen-bond acceptors (Lipinski definition) is 4. The first-order chi connectivity index (χ1) is 8.07. The number of hydrogen-bond donors (Lipinski definition) is 1. The summed E-state index contributed by atoms with van der Waals surface area (Å²) in [6, 6.07) is 0. The van der Waals surface area contributed by atoms with E-state index in [1.807, 2.05) is 11.8 Å². The Hall–Kier alpha value is -0.220. The van der Waals surface area contributed by atoms with Gasteiger partial charge < -0.3 is 10.1 Å². The van der Waals surface area contributed by atoms with Crippen molar-refractivity contribution in [2.24, 2.45) is 10.4 Å². The van der Waals surface area contributed by atoms with E-state index in [0.29, 0.717) is 5.25 Å². The van der Waals surface area contributed by atoms with Crippen molar-refractivity contribution in [2.45, 2.75) is 45.3 Å². The summed E-state index contributed by atoms with van der Waals surface area (Å²) in [5, 5.41) is 5.31. The highest BCUT2D eigenvalue weighted by molar-refractivity contribution is 8.14. The van der Waals surface area contributed by atoms with Gasteiger partial charge in [-0.05, 0) is 18.3 Å². The molecule has 0 radical (unpaired) electrons. The van der Waals surface area contributed by atoms with E-state index < -0.39 is 0 Å². The van der Waals surface area contributed by atoms with Gasteiger partial charge in [0.1, 0.15) is 0 Å². The molecular weight excluding hydrogens is 232 g/mol. The Labute approximate surface area is 110 Å². The van der Waals surface area contributed by atoms with E-state index in [4.69, 9.17) is 4.74 Å². The zero-order valence-electron chi connectivity index (χ0n) is 11.6. The lowest BCUT2D eigenvalue weighted by atomic mass is 9.90. The molecule has 0 saturated heterocycles. The molecule has 0 fully saturated rings. The summed E-state index contributed by atoms with van der Waals surface area (Å²) in [5.41, 5.74) is 0.266.